The Labute approximate surface area is 241 Å². The SMILES string of the molecule is O=C(C[C@@H](CCc1ccccc1)C(=O)N1CCNC[C@]1(C(=O)O)C(=O)OCc1ccccc1)OCC(Cl)(Cl)Cl. The lowest BCUT2D eigenvalue weighted by Gasteiger charge is -2.43. The predicted molar refractivity (Wildman–Crippen MR) is 145 cm³/mol. The summed E-state index contributed by atoms with van der Waals surface area (Å²) in [6.45, 7) is -0.886. The highest BCUT2D eigenvalue weighted by molar-refractivity contribution is 6.67. The molecule has 0 saturated carbocycles. The normalized spacial score (nSPS) is 18.2. The van der Waals surface area contributed by atoms with Crippen LogP contribution in [0.4, 0.5) is 0 Å². The number of nitrogens with zero attached hydrogens (tertiary/aromatic N) is 1. The van der Waals surface area contributed by atoms with Crippen LogP contribution in [0.1, 0.15) is 24.0 Å². The van der Waals surface area contributed by atoms with Crippen LogP contribution in [0.5, 0.6) is 0 Å². The Kier molecular flexibility index (Phi) is 11.0. The number of carbonyl (C=O) groups excluding carboxylic acids is 3. The molecular formula is C27H29Cl3N2O7. The third-order valence-corrected chi connectivity index (χ3v) is 6.63. The molecule has 1 saturated heterocycles. The number of benzene rings is 2. The number of aryl methyl sites for hydroxylation is 1. The lowest BCUT2D eigenvalue weighted by molar-refractivity contribution is -0.180. The second-order valence-corrected chi connectivity index (χ2v) is 11.6. The highest BCUT2D eigenvalue weighted by Crippen LogP contribution is 2.29. The van der Waals surface area contributed by atoms with Crippen LogP contribution < -0.4 is 5.32 Å². The summed E-state index contributed by atoms with van der Waals surface area (Å²) in [5.74, 6) is -5.11. The molecule has 0 bridgehead atoms. The van der Waals surface area contributed by atoms with Gasteiger partial charge in [-0.25, -0.2) is 9.59 Å². The lowest BCUT2D eigenvalue weighted by atomic mass is 9.89. The first-order chi connectivity index (χ1) is 18.5. The average molecular weight is 600 g/mol. The monoisotopic (exact) mass is 598 g/mol. The van der Waals surface area contributed by atoms with Crippen LogP contribution in [-0.2, 0) is 41.7 Å². The van der Waals surface area contributed by atoms with Crippen molar-refractivity contribution in [2.75, 3.05) is 26.2 Å². The molecular weight excluding hydrogens is 571 g/mol. The maximum atomic E-state index is 13.9. The maximum Gasteiger partial charge on any atom is 0.345 e. The number of esters is 2. The van der Waals surface area contributed by atoms with Crippen LogP contribution in [0.2, 0.25) is 0 Å². The Morgan fingerprint density at radius 1 is 0.974 bits per heavy atom. The quantitative estimate of drug-likeness (QED) is 0.229. The molecule has 0 aliphatic carbocycles. The molecule has 2 aromatic carbocycles. The van der Waals surface area contributed by atoms with E-state index in [0.29, 0.717) is 12.0 Å². The standard InChI is InChI=1S/C27H29Cl3N2O7/c28-27(29,30)18-39-22(33)15-21(12-11-19-7-3-1-4-8-19)23(34)32-14-13-31-17-26(32,24(35)36)25(37)38-16-20-9-5-2-6-10-20/h1-10,21,31H,11-18H2,(H,35,36)/t21-,26+/m1/s1. The van der Waals surface area contributed by atoms with Gasteiger partial charge in [0, 0.05) is 25.6 Å². The number of carboxylic acid groups (broad SMARTS) is 1. The molecule has 0 unspecified atom stereocenters. The van der Waals surface area contributed by atoms with Gasteiger partial charge in [-0.3, -0.25) is 9.59 Å². The number of hydrogen-bond donors (Lipinski definition) is 2. The molecule has 9 nitrogen and oxygen atoms in total. The van der Waals surface area contributed by atoms with E-state index in [-0.39, 0.29) is 32.7 Å². The van der Waals surface area contributed by atoms with Gasteiger partial charge >= 0.3 is 17.9 Å². The van der Waals surface area contributed by atoms with Crippen LogP contribution in [0.15, 0.2) is 60.7 Å². The zero-order valence-corrected chi connectivity index (χ0v) is 23.3. The molecule has 0 aromatic heterocycles. The van der Waals surface area contributed by atoms with E-state index in [1.807, 2.05) is 30.3 Å². The van der Waals surface area contributed by atoms with Gasteiger partial charge in [0.2, 0.25) is 9.70 Å². The summed E-state index contributed by atoms with van der Waals surface area (Å²) in [6.07, 6.45) is 0.203. The van der Waals surface area contributed by atoms with Gasteiger partial charge in [-0.2, -0.15) is 0 Å². The summed E-state index contributed by atoms with van der Waals surface area (Å²) < 4.78 is 8.59. The first-order valence-electron chi connectivity index (χ1n) is 12.3. The largest absolute Gasteiger partial charge is 0.479 e. The smallest absolute Gasteiger partial charge is 0.345 e. The number of carboxylic acids is 1. The summed E-state index contributed by atoms with van der Waals surface area (Å²) in [5, 5.41) is 13.1. The predicted octanol–water partition coefficient (Wildman–Crippen LogP) is 3.54. The molecule has 210 valence electrons. The van der Waals surface area contributed by atoms with Crippen molar-refractivity contribution in [1.82, 2.24) is 10.2 Å². The minimum atomic E-state index is -2.32. The minimum Gasteiger partial charge on any atom is -0.479 e. The van der Waals surface area contributed by atoms with Crippen LogP contribution >= 0.6 is 34.8 Å². The molecule has 1 aliphatic rings. The number of rotatable bonds is 11. The van der Waals surface area contributed by atoms with E-state index in [2.05, 4.69) is 5.32 Å². The Bertz CT molecular complexity index is 1150. The van der Waals surface area contributed by atoms with E-state index in [1.165, 1.54) is 0 Å². The minimum absolute atomic E-state index is 0.0867. The lowest BCUT2D eigenvalue weighted by Crippen LogP contribution is -2.71. The first kappa shape index (κ1) is 30.7. The molecule has 0 spiro atoms. The van der Waals surface area contributed by atoms with Crippen molar-refractivity contribution in [3.63, 3.8) is 0 Å². The van der Waals surface area contributed by atoms with Crippen molar-refractivity contribution < 1.29 is 33.8 Å². The molecule has 1 heterocycles. The van der Waals surface area contributed by atoms with Gasteiger partial charge in [0.05, 0.1) is 6.42 Å². The van der Waals surface area contributed by atoms with Crippen molar-refractivity contribution in [3.05, 3.63) is 71.8 Å². The Morgan fingerprint density at radius 2 is 1.59 bits per heavy atom. The number of hydrogen-bond acceptors (Lipinski definition) is 7. The summed E-state index contributed by atoms with van der Waals surface area (Å²) in [5.41, 5.74) is -0.751. The van der Waals surface area contributed by atoms with Gasteiger partial charge in [-0.15, -0.1) is 0 Å². The first-order valence-corrected chi connectivity index (χ1v) is 13.4. The summed E-state index contributed by atoms with van der Waals surface area (Å²) in [7, 11) is 0. The Morgan fingerprint density at radius 3 is 2.18 bits per heavy atom. The highest BCUT2D eigenvalue weighted by Gasteiger charge is 2.57. The van der Waals surface area contributed by atoms with E-state index in [0.717, 1.165) is 10.5 Å². The fourth-order valence-corrected chi connectivity index (χ4v) is 4.45. The number of nitrogens with one attached hydrogen (secondary N) is 1. The van der Waals surface area contributed by atoms with E-state index in [9.17, 15) is 24.3 Å². The van der Waals surface area contributed by atoms with Crippen LogP contribution in [-0.4, -0.2) is 69.4 Å². The van der Waals surface area contributed by atoms with Crippen molar-refractivity contribution in [3.8, 4) is 0 Å². The molecule has 2 atom stereocenters. The number of piperazine rings is 1. The second kappa shape index (κ2) is 14.0. The summed E-state index contributed by atoms with van der Waals surface area (Å²) in [6, 6.07) is 18.0. The molecule has 39 heavy (non-hydrogen) atoms. The number of aliphatic carboxylic acids is 1. The van der Waals surface area contributed by atoms with Crippen LogP contribution in [0, 0.1) is 5.92 Å². The number of amides is 1. The second-order valence-electron chi connectivity index (χ2n) is 9.09. The third kappa shape index (κ3) is 8.57. The van der Waals surface area contributed by atoms with Gasteiger partial charge in [-0.1, -0.05) is 95.5 Å². The van der Waals surface area contributed by atoms with Gasteiger partial charge in [0.1, 0.15) is 13.2 Å². The van der Waals surface area contributed by atoms with Crippen molar-refractivity contribution in [2.45, 2.75) is 35.2 Å². The number of carbonyl (C=O) groups is 4. The Balaban J connectivity index is 1.85. The molecule has 2 aromatic rings. The van der Waals surface area contributed by atoms with Crippen LogP contribution in [0.3, 0.4) is 0 Å². The van der Waals surface area contributed by atoms with Crippen molar-refractivity contribution in [2.24, 2.45) is 5.92 Å². The molecule has 3 rings (SSSR count). The zero-order valence-electron chi connectivity index (χ0n) is 21.0. The van der Waals surface area contributed by atoms with E-state index in [4.69, 9.17) is 44.3 Å². The topological polar surface area (TPSA) is 122 Å². The number of halogens is 3. The summed E-state index contributed by atoms with van der Waals surface area (Å²) in [4.78, 5) is 53.4. The maximum absolute atomic E-state index is 13.9. The van der Waals surface area contributed by atoms with Gasteiger partial charge < -0.3 is 24.8 Å². The summed E-state index contributed by atoms with van der Waals surface area (Å²) >= 11 is 17.0. The Hall–Kier alpha value is -2.85. The number of ether oxygens (including phenoxy) is 2. The molecule has 0 radical (unpaired) electrons. The highest BCUT2D eigenvalue weighted by atomic mass is 35.6. The van der Waals surface area contributed by atoms with E-state index in [1.54, 1.807) is 30.3 Å². The fraction of sp³-hybridized carbons (Fsp3) is 0.407. The van der Waals surface area contributed by atoms with E-state index < -0.39 is 52.1 Å². The van der Waals surface area contributed by atoms with Crippen molar-refractivity contribution in [1.29, 1.82) is 0 Å². The van der Waals surface area contributed by atoms with Crippen LogP contribution in [0.25, 0.3) is 0 Å². The molecule has 1 amide bonds. The average Bonchev–Trinajstić information content (AvgIpc) is 2.93. The fourth-order valence-electron chi connectivity index (χ4n) is 4.29. The van der Waals surface area contributed by atoms with E-state index >= 15 is 0 Å². The third-order valence-electron chi connectivity index (χ3n) is 6.31. The zero-order chi connectivity index (χ0) is 28.5. The number of alkyl halides is 3. The molecule has 1 aliphatic heterocycles. The molecule has 12 heteroatoms. The van der Waals surface area contributed by atoms with Gasteiger partial charge in [0.15, 0.2) is 0 Å². The van der Waals surface area contributed by atoms with Gasteiger partial charge in [-0.05, 0) is 24.0 Å². The molecule has 2 N–H and O–H groups in total. The molecule has 1 fully saturated rings. The van der Waals surface area contributed by atoms with Gasteiger partial charge in [0.25, 0.3) is 5.54 Å². The van der Waals surface area contributed by atoms with Crippen molar-refractivity contribution >= 4 is 58.6 Å².